The number of hydrogen-bond donors (Lipinski definition) is 1. The number of likely N-dealkylation sites (tertiary alicyclic amines) is 1. The van der Waals surface area contributed by atoms with Crippen molar-refractivity contribution in [2.45, 2.75) is 31.8 Å². The van der Waals surface area contributed by atoms with Crippen molar-refractivity contribution >= 4 is 23.2 Å². The third kappa shape index (κ3) is 3.41. The molecule has 23 heavy (non-hydrogen) atoms. The van der Waals surface area contributed by atoms with Crippen LogP contribution in [0.4, 0.5) is 0 Å². The first-order chi connectivity index (χ1) is 11.1. The number of morpholine rings is 1. The van der Waals surface area contributed by atoms with Crippen LogP contribution in [0, 0.1) is 6.92 Å². The molecule has 2 saturated heterocycles. The van der Waals surface area contributed by atoms with Crippen molar-refractivity contribution < 1.29 is 19.4 Å². The molecule has 0 saturated carbocycles. The molecule has 1 aromatic heterocycles. The monoisotopic (exact) mass is 338 g/mol. The Morgan fingerprint density at radius 3 is 2.65 bits per heavy atom. The van der Waals surface area contributed by atoms with E-state index in [1.54, 1.807) is 0 Å². The van der Waals surface area contributed by atoms with E-state index in [0.29, 0.717) is 31.1 Å². The molecule has 2 fully saturated rings. The van der Waals surface area contributed by atoms with E-state index in [1.807, 2.05) is 18.4 Å². The predicted molar refractivity (Wildman–Crippen MR) is 86.9 cm³/mol. The average Bonchev–Trinajstić information content (AvgIpc) is 3.00. The van der Waals surface area contributed by atoms with Gasteiger partial charge in [0.25, 0.3) is 5.91 Å². The highest BCUT2D eigenvalue weighted by Crippen LogP contribution is 2.27. The molecule has 1 aromatic rings. The van der Waals surface area contributed by atoms with Crippen LogP contribution in [0.2, 0.25) is 0 Å². The van der Waals surface area contributed by atoms with Crippen LogP contribution in [0.15, 0.2) is 11.4 Å². The zero-order valence-corrected chi connectivity index (χ0v) is 14.1. The highest BCUT2D eigenvalue weighted by molar-refractivity contribution is 7.12. The van der Waals surface area contributed by atoms with Gasteiger partial charge in [0.2, 0.25) is 0 Å². The quantitative estimate of drug-likeness (QED) is 0.903. The number of ether oxygens (including phenoxy) is 1. The van der Waals surface area contributed by atoms with E-state index in [9.17, 15) is 14.7 Å². The van der Waals surface area contributed by atoms with E-state index >= 15 is 0 Å². The maximum Gasteiger partial charge on any atom is 0.326 e. The van der Waals surface area contributed by atoms with Crippen LogP contribution in [0.1, 0.15) is 28.1 Å². The number of carbonyl (C=O) groups excluding carboxylic acids is 1. The van der Waals surface area contributed by atoms with Gasteiger partial charge in [0.15, 0.2) is 0 Å². The van der Waals surface area contributed by atoms with Crippen molar-refractivity contribution in [3.05, 3.63) is 21.9 Å². The van der Waals surface area contributed by atoms with Crippen LogP contribution < -0.4 is 0 Å². The maximum atomic E-state index is 12.7. The number of carboxylic acids is 1. The van der Waals surface area contributed by atoms with E-state index in [1.165, 1.54) is 16.2 Å². The Hall–Kier alpha value is -1.44. The van der Waals surface area contributed by atoms with Gasteiger partial charge in [-0.05, 0) is 36.8 Å². The molecule has 0 spiro atoms. The topological polar surface area (TPSA) is 70.1 Å². The summed E-state index contributed by atoms with van der Waals surface area (Å²) in [5, 5.41) is 11.5. The molecule has 2 unspecified atom stereocenters. The zero-order chi connectivity index (χ0) is 16.4. The molecule has 0 aliphatic carbocycles. The van der Waals surface area contributed by atoms with Crippen LogP contribution in [0.25, 0.3) is 0 Å². The molecule has 0 aromatic carbocycles. The summed E-state index contributed by atoms with van der Waals surface area (Å²) in [5.74, 6) is -1.06. The lowest BCUT2D eigenvalue weighted by molar-refractivity contribution is -0.144. The second-order valence-electron chi connectivity index (χ2n) is 6.11. The minimum atomic E-state index is -0.912. The smallest absolute Gasteiger partial charge is 0.326 e. The standard InChI is InChI=1S/C16H22N2O4S/c1-11-3-9-23-14(11)15(19)18-4-2-12(10-13(18)16(20)21)17-5-7-22-8-6-17/h3,9,12-13H,2,4-8,10H2,1H3,(H,20,21). The van der Waals surface area contributed by atoms with Crippen molar-refractivity contribution in [3.63, 3.8) is 0 Å². The number of amides is 1. The second-order valence-corrected chi connectivity index (χ2v) is 7.03. The van der Waals surface area contributed by atoms with E-state index in [-0.39, 0.29) is 11.9 Å². The molecule has 0 bridgehead atoms. The largest absolute Gasteiger partial charge is 0.480 e. The molecule has 126 valence electrons. The first-order valence-electron chi connectivity index (χ1n) is 7.97. The van der Waals surface area contributed by atoms with Gasteiger partial charge in [0.05, 0.1) is 18.1 Å². The summed E-state index contributed by atoms with van der Waals surface area (Å²) < 4.78 is 5.37. The molecule has 2 aliphatic heterocycles. The van der Waals surface area contributed by atoms with Crippen LogP contribution >= 0.6 is 11.3 Å². The average molecular weight is 338 g/mol. The summed E-state index contributed by atoms with van der Waals surface area (Å²) in [6.07, 6.45) is 1.31. The Morgan fingerprint density at radius 1 is 1.30 bits per heavy atom. The van der Waals surface area contributed by atoms with Gasteiger partial charge in [-0.25, -0.2) is 4.79 Å². The minimum absolute atomic E-state index is 0.148. The Kier molecular flexibility index (Phi) is 4.99. The van der Waals surface area contributed by atoms with E-state index in [2.05, 4.69) is 4.90 Å². The number of rotatable bonds is 3. The minimum Gasteiger partial charge on any atom is -0.480 e. The number of nitrogens with zero attached hydrogens (tertiary/aromatic N) is 2. The first-order valence-corrected chi connectivity index (χ1v) is 8.85. The lowest BCUT2D eigenvalue weighted by Gasteiger charge is -2.42. The van der Waals surface area contributed by atoms with Crippen molar-refractivity contribution in [2.24, 2.45) is 0 Å². The van der Waals surface area contributed by atoms with Gasteiger partial charge in [-0.2, -0.15) is 0 Å². The molecule has 2 aliphatic rings. The summed E-state index contributed by atoms with van der Waals surface area (Å²) in [6, 6.07) is 1.37. The van der Waals surface area contributed by atoms with Gasteiger partial charge in [-0.3, -0.25) is 9.69 Å². The maximum absolute atomic E-state index is 12.7. The molecule has 1 amide bonds. The van der Waals surface area contributed by atoms with Gasteiger partial charge in [-0.15, -0.1) is 11.3 Å². The Bertz CT molecular complexity index is 582. The second kappa shape index (κ2) is 6.98. The van der Waals surface area contributed by atoms with E-state index in [0.717, 1.165) is 25.1 Å². The van der Waals surface area contributed by atoms with Crippen molar-refractivity contribution in [1.29, 1.82) is 0 Å². The highest BCUT2D eigenvalue weighted by atomic mass is 32.1. The molecular formula is C16H22N2O4S. The summed E-state index contributed by atoms with van der Waals surface area (Å²) in [4.78, 5) is 28.9. The summed E-state index contributed by atoms with van der Waals surface area (Å²) in [7, 11) is 0. The molecule has 2 atom stereocenters. The molecule has 1 N–H and O–H groups in total. The molecule has 3 rings (SSSR count). The van der Waals surface area contributed by atoms with Gasteiger partial charge in [0, 0.05) is 25.7 Å². The van der Waals surface area contributed by atoms with Crippen LogP contribution in [0.5, 0.6) is 0 Å². The summed E-state index contributed by atoms with van der Waals surface area (Å²) >= 11 is 1.38. The zero-order valence-electron chi connectivity index (χ0n) is 13.2. The fraction of sp³-hybridized carbons (Fsp3) is 0.625. The molecule has 0 radical (unpaired) electrons. The van der Waals surface area contributed by atoms with Gasteiger partial charge >= 0.3 is 5.97 Å². The number of aliphatic carboxylic acids is 1. The van der Waals surface area contributed by atoms with E-state index < -0.39 is 12.0 Å². The lowest BCUT2D eigenvalue weighted by Crippen LogP contribution is -2.56. The van der Waals surface area contributed by atoms with Crippen molar-refractivity contribution in [1.82, 2.24) is 9.80 Å². The molecule has 7 heteroatoms. The Balaban J connectivity index is 1.73. The molecule has 3 heterocycles. The lowest BCUT2D eigenvalue weighted by atomic mass is 9.95. The number of carbonyl (C=O) groups is 2. The summed E-state index contributed by atoms with van der Waals surface area (Å²) in [6.45, 7) is 5.47. The van der Waals surface area contributed by atoms with Gasteiger partial charge < -0.3 is 14.7 Å². The Morgan fingerprint density at radius 2 is 2.04 bits per heavy atom. The van der Waals surface area contributed by atoms with Gasteiger partial charge in [-0.1, -0.05) is 0 Å². The fourth-order valence-electron chi connectivity index (χ4n) is 3.42. The Labute approximate surface area is 139 Å². The first kappa shape index (κ1) is 16.4. The summed E-state index contributed by atoms with van der Waals surface area (Å²) in [5.41, 5.74) is 0.916. The number of hydrogen-bond acceptors (Lipinski definition) is 5. The van der Waals surface area contributed by atoms with Crippen molar-refractivity contribution in [2.75, 3.05) is 32.8 Å². The van der Waals surface area contributed by atoms with Crippen LogP contribution in [-0.2, 0) is 9.53 Å². The SMILES string of the molecule is Cc1ccsc1C(=O)N1CCC(N2CCOCC2)CC1C(=O)O. The third-order valence-corrected chi connectivity index (χ3v) is 5.74. The van der Waals surface area contributed by atoms with Crippen LogP contribution in [-0.4, -0.2) is 71.7 Å². The van der Waals surface area contributed by atoms with Gasteiger partial charge in [0.1, 0.15) is 6.04 Å². The fourth-order valence-corrected chi connectivity index (χ4v) is 4.30. The molecule has 6 nitrogen and oxygen atoms in total. The predicted octanol–water partition coefficient (Wildman–Crippen LogP) is 1.45. The van der Waals surface area contributed by atoms with Crippen molar-refractivity contribution in [3.8, 4) is 0 Å². The normalized spacial score (nSPS) is 26.2. The van der Waals surface area contributed by atoms with E-state index in [4.69, 9.17) is 4.74 Å². The third-order valence-electron chi connectivity index (χ3n) is 4.74. The highest BCUT2D eigenvalue weighted by Gasteiger charge is 2.39. The van der Waals surface area contributed by atoms with Crippen LogP contribution in [0.3, 0.4) is 0 Å². The number of carboxylic acid groups (broad SMARTS) is 1. The molecular weight excluding hydrogens is 316 g/mol. The number of aryl methyl sites for hydroxylation is 1. The number of thiophene rings is 1. The number of piperidine rings is 1.